The smallest absolute Gasteiger partial charge is 0.332 e. The Balaban J connectivity index is 1.28. The highest BCUT2D eigenvalue weighted by atomic mass is 35.5. The summed E-state index contributed by atoms with van der Waals surface area (Å²) in [7, 11) is 0. The van der Waals surface area contributed by atoms with Gasteiger partial charge in [-0.2, -0.15) is 4.98 Å². The predicted octanol–water partition coefficient (Wildman–Crippen LogP) is 3.55. The summed E-state index contributed by atoms with van der Waals surface area (Å²) < 4.78 is 8.18. The van der Waals surface area contributed by atoms with Gasteiger partial charge in [0.15, 0.2) is 0 Å². The lowest BCUT2D eigenvalue weighted by Crippen LogP contribution is -2.41. The third kappa shape index (κ3) is 5.00. The van der Waals surface area contributed by atoms with Crippen LogP contribution in [0, 0.1) is 0 Å². The minimum atomic E-state index is -0.366. The Morgan fingerprint density at radius 3 is 2.57 bits per heavy atom. The fraction of sp³-hybridized carbons (Fsp3) is 0.280. The van der Waals surface area contributed by atoms with E-state index in [-0.39, 0.29) is 24.2 Å². The highest BCUT2D eigenvalue weighted by Crippen LogP contribution is 2.24. The fourth-order valence-electron chi connectivity index (χ4n) is 4.11. The molecular weight excluding hydrogens is 468 g/mol. The highest BCUT2D eigenvalue weighted by Gasteiger charge is 2.24. The van der Waals surface area contributed by atoms with Crippen molar-refractivity contribution in [2.24, 2.45) is 4.99 Å². The van der Waals surface area contributed by atoms with Gasteiger partial charge in [0.2, 0.25) is 11.7 Å². The van der Waals surface area contributed by atoms with Crippen molar-refractivity contribution >= 4 is 22.6 Å². The Kier molecular flexibility index (Phi) is 6.67. The third-order valence-electron chi connectivity index (χ3n) is 5.89. The van der Waals surface area contributed by atoms with Crippen LogP contribution in [-0.2, 0) is 32.4 Å². The van der Waals surface area contributed by atoms with Crippen LogP contribution in [0.5, 0.6) is 0 Å². The summed E-state index contributed by atoms with van der Waals surface area (Å²) in [6, 6.07) is 15.4. The Labute approximate surface area is 205 Å². The van der Waals surface area contributed by atoms with E-state index in [1.54, 1.807) is 10.8 Å². The van der Waals surface area contributed by atoms with E-state index in [0.717, 1.165) is 5.56 Å². The number of aromatic nitrogens is 5. The van der Waals surface area contributed by atoms with E-state index in [1.165, 1.54) is 4.57 Å². The number of aliphatic imine (C=N–C) groups is 1. The van der Waals surface area contributed by atoms with Crippen LogP contribution in [0.15, 0.2) is 73.8 Å². The van der Waals surface area contributed by atoms with Gasteiger partial charge in [0.05, 0.1) is 5.56 Å². The number of aryl methyl sites for hydroxylation is 2. The topological polar surface area (TPSA) is 108 Å². The summed E-state index contributed by atoms with van der Waals surface area (Å²) in [5.41, 5.74) is 1.53. The number of pyridine rings is 1. The van der Waals surface area contributed by atoms with Crippen molar-refractivity contribution < 1.29 is 4.52 Å². The van der Waals surface area contributed by atoms with Crippen molar-refractivity contribution in [3.8, 4) is 11.5 Å². The predicted molar refractivity (Wildman–Crippen MR) is 132 cm³/mol. The summed E-state index contributed by atoms with van der Waals surface area (Å²) in [4.78, 5) is 39.2. The first-order valence-corrected chi connectivity index (χ1v) is 11.9. The average molecular weight is 491 g/mol. The van der Waals surface area contributed by atoms with E-state index in [2.05, 4.69) is 20.1 Å². The second-order valence-corrected chi connectivity index (χ2v) is 8.71. The van der Waals surface area contributed by atoms with Gasteiger partial charge >= 0.3 is 5.69 Å². The minimum Gasteiger partial charge on any atom is -0.339 e. The van der Waals surface area contributed by atoms with Crippen LogP contribution >= 0.6 is 11.6 Å². The molecule has 178 valence electrons. The normalized spacial score (nSPS) is 12.5. The monoisotopic (exact) mass is 490 g/mol. The SMILES string of the molecule is O=c1c2c(n(CCc3ccccc3)c(=O)n1CCCCc1nc(-c3ccccn3)no1)N=C(Cl)C2. The third-order valence-corrected chi connectivity index (χ3v) is 6.11. The Hall–Kier alpha value is -3.85. The second kappa shape index (κ2) is 10.2. The number of fused-ring (bicyclic) bond motifs is 1. The molecule has 0 N–H and O–H groups in total. The van der Waals surface area contributed by atoms with Gasteiger partial charge in [-0.3, -0.25) is 18.9 Å². The Morgan fingerprint density at radius 1 is 0.943 bits per heavy atom. The summed E-state index contributed by atoms with van der Waals surface area (Å²) in [5.74, 6) is 1.31. The molecule has 0 amide bonds. The lowest BCUT2D eigenvalue weighted by Gasteiger charge is -2.14. The number of hydrogen-bond acceptors (Lipinski definition) is 7. The molecule has 5 rings (SSSR count). The lowest BCUT2D eigenvalue weighted by atomic mass is 10.1. The van der Waals surface area contributed by atoms with Gasteiger partial charge in [-0.05, 0) is 37.0 Å². The molecule has 0 atom stereocenters. The highest BCUT2D eigenvalue weighted by molar-refractivity contribution is 6.66. The number of halogens is 1. The molecule has 10 heteroatoms. The van der Waals surface area contributed by atoms with Gasteiger partial charge in [0, 0.05) is 32.1 Å². The number of rotatable bonds is 9. The van der Waals surface area contributed by atoms with Crippen LogP contribution in [0.4, 0.5) is 5.82 Å². The van der Waals surface area contributed by atoms with Crippen molar-refractivity contribution in [3.63, 3.8) is 0 Å². The van der Waals surface area contributed by atoms with Gasteiger partial charge in [-0.1, -0.05) is 53.2 Å². The molecule has 0 radical (unpaired) electrons. The maximum absolute atomic E-state index is 13.3. The maximum atomic E-state index is 13.3. The summed E-state index contributed by atoms with van der Waals surface area (Å²) in [5, 5.41) is 4.29. The second-order valence-electron chi connectivity index (χ2n) is 8.28. The zero-order valence-corrected chi connectivity index (χ0v) is 19.7. The largest absolute Gasteiger partial charge is 0.339 e. The van der Waals surface area contributed by atoms with Gasteiger partial charge in [-0.15, -0.1) is 0 Å². The van der Waals surface area contributed by atoms with Crippen molar-refractivity contribution in [2.45, 2.75) is 45.2 Å². The van der Waals surface area contributed by atoms with Gasteiger partial charge in [-0.25, -0.2) is 9.79 Å². The molecule has 1 aromatic carbocycles. The molecule has 4 heterocycles. The van der Waals surface area contributed by atoms with Gasteiger partial charge in [0.1, 0.15) is 16.7 Å². The van der Waals surface area contributed by atoms with Crippen molar-refractivity contribution in [2.75, 3.05) is 0 Å². The van der Waals surface area contributed by atoms with Crippen molar-refractivity contribution in [3.05, 3.63) is 92.6 Å². The molecule has 3 aromatic heterocycles. The van der Waals surface area contributed by atoms with Crippen LogP contribution < -0.4 is 11.2 Å². The molecule has 4 aromatic rings. The van der Waals surface area contributed by atoms with Crippen LogP contribution in [-0.4, -0.2) is 29.4 Å². The van der Waals surface area contributed by atoms with Gasteiger partial charge < -0.3 is 4.52 Å². The first kappa shape index (κ1) is 22.9. The molecule has 0 aliphatic carbocycles. The van der Waals surface area contributed by atoms with Gasteiger partial charge in [0.25, 0.3) is 5.56 Å². The molecule has 1 aliphatic rings. The summed E-state index contributed by atoms with van der Waals surface area (Å²) >= 11 is 6.14. The van der Waals surface area contributed by atoms with E-state index in [0.29, 0.717) is 66.2 Å². The molecule has 0 fully saturated rings. The number of nitrogens with zero attached hydrogens (tertiary/aromatic N) is 6. The van der Waals surface area contributed by atoms with Crippen LogP contribution in [0.2, 0.25) is 0 Å². The maximum Gasteiger partial charge on any atom is 0.332 e. The molecule has 35 heavy (non-hydrogen) atoms. The minimum absolute atomic E-state index is 0.250. The zero-order chi connectivity index (χ0) is 24.2. The molecule has 0 unspecified atom stereocenters. The first-order chi connectivity index (χ1) is 17.1. The van der Waals surface area contributed by atoms with E-state index in [9.17, 15) is 9.59 Å². The number of benzene rings is 1. The van der Waals surface area contributed by atoms with Crippen LogP contribution in [0.25, 0.3) is 11.5 Å². The Bertz CT molecular complexity index is 1470. The molecular formula is C25H23ClN6O3. The summed E-state index contributed by atoms with van der Waals surface area (Å²) in [6.45, 7) is 0.701. The Morgan fingerprint density at radius 2 is 1.77 bits per heavy atom. The molecule has 0 bridgehead atoms. The fourth-order valence-corrected chi connectivity index (χ4v) is 4.33. The molecule has 9 nitrogen and oxygen atoms in total. The van der Waals surface area contributed by atoms with E-state index in [1.807, 2.05) is 48.5 Å². The first-order valence-electron chi connectivity index (χ1n) is 11.5. The lowest BCUT2D eigenvalue weighted by molar-refractivity contribution is 0.372. The standard InChI is InChI=1S/C25H23ClN6O3/c26-20-16-18-23(28-20)31(15-12-17-8-2-1-3-9-17)25(34)32(24(18)33)14-7-5-11-21-29-22(30-35-21)19-10-4-6-13-27-19/h1-4,6,8-10,13H,5,7,11-12,14-16H2. The van der Waals surface area contributed by atoms with Crippen LogP contribution in [0.3, 0.4) is 0 Å². The van der Waals surface area contributed by atoms with Crippen LogP contribution in [0.1, 0.15) is 29.9 Å². The van der Waals surface area contributed by atoms with E-state index < -0.39 is 0 Å². The molecule has 1 aliphatic heterocycles. The number of hydrogen-bond donors (Lipinski definition) is 0. The zero-order valence-electron chi connectivity index (χ0n) is 18.9. The molecule has 0 saturated heterocycles. The van der Waals surface area contributed by atoms with E-state index in [4.69, 9.17) is 16.1 Å². The van der Waals surface area contributed by atoms with Crippen molar-refractivity contribution in [1.29, 1.82) is 0 Å². The summed E-state index contributed by atoms with van der Waals surface area (Å²) in [6.07, 6.45) is 4.38. The molecule has 0 saturated carbocycles. The molecule has 0 spiro atoms. The van der Waals surface area contributed by atoms with E-state index >= 15 is 0 Å². The average Bonchev–Trinajstić information content (AvgIpc) is 3.51. The quantitative estimate of drug-likeness (QED) is 0.332. The number of unbranched alkanes of at least 4 members (excludes halogenated alkanes) is 1. The van der Waals surface area contributed by atoms with Crippen molar-refractivity contribution in [1.82, 2.24) is 24.3 Å².